The molecule has 0 radical (unpaired) electrons. The predicted octanol–water partition coefficient (Wildman–Crippen LogP) is 2.00. The third-order valence-electron chi connectivity index (χ3n) is 5.17. The van der Waals surface area contributed by atoms with Crippen LogP contribution in [0.2, 0.25) is 5.02 Å². The normalized spacial score (nSPS) is 11.2. The van der Waals surface area contributed by atoms with Crippen molar-refractivity contribution in [3.8, 4) is 5.69 Å². The van der Waals surface area contributed by atoms with Gasteiger partial charge in [0, 0.05) is 38.1 Å². The molecule has 1 amide bonds. The molecule has 1 aromatic carbocycles. The SMILES string of the molecule is Cc1cc(NC(=O)CCCn2cnc3c2c(=O)n(C)c(=O)n3C)n(-c2cccc(Cl)c2)n1. The zero-order valence-corrected chi connectivity index (χ0v) is 18.6. The molecule has 0 saturated heterocycles. The van der Waals surface area contributed by atoms with Gasteiger partial charge in [0.2, 0.25) is 5.91 Å². The molecule has 10 nitrogen and oxygen atoms in total. The van der Waals surface area contributed by atoms with E-state index in [0.29, 0.717) is 35.0 Å². The Kier molecular flexibility index (Phi) is 5.70. The molecule has 32 heavy (non-hydrogen) atoms. The van der Waals surface area contributed by atoms with Crippen LogP contribution < -0.4 is 16.6 Å². The number of hydrogen-bond acceptors (Lipinski definition) is 5. The summed E-state index contributed by atoms with van der Waals surface area (Å²) in [5.41, 5.74) is 1.32. The number of aryl methyl sites for hydroxylation is 3. The molecule has 4 rings (SSSR count). The Hall–Kier alpha value is -3.66. The molecule has 0 bridgehead atoms. The molecule has 4 aromatic rings. The van der Waals surface area contributed by atoms with Crippen molar-refractivity contribution in [3.63, 3.8) is 0 Å². The summed E-state index contributed by atoms with van der Waals surface area (Å²) in [5.74, 6) is 0.365. The summed E-state index contributed by atoms with van der Waals surface area (Å²) in [6.07, 6.45) is 2.22. The van der Waals surface area contributed by atoms with E-state index in [1.807, 2.05) is 19.1 Å². The monoisotopic (exact) mass is 455 g/mol. The highest BCUT2D eigenvalue weighted by molar-refractivity contribution is 6.30. The summed E-state index contributed by atoms with van der Waals surface area (Å²) < 4.78 is 5.68. The maximum Gasteiger partial charge on any atom is 0.332 e. The Morgan fingerprint density at radius 2 is 1.94 bits per heavy atom. The number of amides is 1. The van der Waals surface area contributed by atoms with Crippen molar-refractivity contribution in [2.45, 2.75) is 26.3 Å². The molecule has 0 spiro atoms. The highest BCUT2D eigenvalue weighted by Crippen LogP contribution is 2.20. The second-order valence-electron chi connectivity index (χ2n) is 7.53. The van der Waals surface area contributed by atoms with E-state index >= 15 is 0 Å². The molecular weight excluding hydrogens is 434 g/mol. The summed E-state index contributed by atoms with van der Waals surface area (Å²) in [4.78, 5) is 41.3. The van der Waals surface area contributed by atoms with Crippen molar-refractivity contribution in [2.24, 2.45) is 14.1 Å². The van der Waals surface area contributed by atoms with E-state index in [4.69, 9.17) is 11.6 Å². The van der Waals surface area contributed by atoms with Gasteiger partial charge in [-0.2, -0.15) is 5.10 Å². The third-order valence-corrected chi connectivity index (χ3v) is 5.41. The number of carbonyl (C=O) groups is 1. The van der Waals surface area contributed by atoms with Crippen LogP contribution in [-0.2, 0) is 25.4 Å². The second kappa shape index (κ2) is 8.46. The first-order chi connectivity index (χ1) is 15.3. The molecule has 3 aromatic heterocycles. The number of benzene rings is 1. The first-order valence-electron chi connectivity index (χ1n) is 9.99. The average molecular weight is 456 g/mol. The van der Waals surface area contributed by atoms with Crippen LogP contribution in [0, 0.1) is 6.92 Å². The van der Waals surface area contributed by atoms with E-state index in [2.05, 4.69) is 15.4 Å². The maximum atomic E-state index is 12.6. The Balaban J connectivity index is 1.46. The van der Waals surface area contributed by atoms with Gasteiger partial charge in [0.25, 0.3) is 5.56 Å². The number of aromatic nitrogens is 6. The topological polar surface area (TPSA) is 109 Å². The predicted molar refractivity (Wildman–Crippen MR) is 121 cm³/mol. The van der Waals surface area contributed by atoms with E-state index < -0.39 is 11.2 Å². The number of halogens is 1. The van der Waals surface area contributed by atoms with Crippen molar-refractivity contribution in [1.82, 2.24) is 28.5 Å². The third kappa shape index (κ3) is 3.96. The Morgan fingerprint density at radius 1 is 1.16 bits per heavy atom. The fourth-order valence-corrected chi connectivity index (χ4v) is 3.76. The lowest BCUT2D eigenvalue weighted by Gasteiger charge is -2.10. The molecule has 0 atom stereocenters. The van der Waals surface area contributed by atoms with E-state index in [1.165, 1.54) is 17.9 Å². The average Bonchev–Trinajstić information content (AvgIpc) is 3.34. The molecule has 11 heteroatoms. The number of hydrogen-bond donors (Lipinski definition) is 1. The van der Waals surface area contributed by atoms with E-state index in [0.717, 1.165) is 15.9 Å². The standard InChI is InChI=1S/C21H22ClN7O3/c1-13-10-16(29(25-13)15-7-4-6-14(22)11-15)24-17(30)8-5-9-28-12-23-19-18(28)20(31)27(3)21(32)26(19)2/h4,6-7,10-12H,5,8-9H2,1-3H3,(H,24,30). The van der Waals surface area contributed by atoms with Crippen molar-refractivity contribution < 1.29 is 4.79 Å². The summed E-state index contributed by atoms with van der Waals surface area (Å²) in [5, 5.41) is 7.89. The Bertz CT molecular complexity index is 1440. The van der Waals surface area contributed by atoms with Gasteiger partial charge in [0.1, 0.15) is 5.82 Å². The Labute approximate surface area is 187 Å². The van der Waals surface area contributed by atoms with Crippen molar-refractivity contribution >= 4 is 34.5 Å². The molecule has 1 N–H and O–H groups in total. The first-order valence-corrected chi connectivity index (χ1v) is 10.4. The van der Waals surface area contributed by atoms with Gasteiger partial charge in [0.05, 0.1) is 17.7 Å². The number of nitrogens with zero attached hydrogens (tertiary/aromatic N) is 6. The molecular formula is C21H22ClN7O3. The van der Waals surface area contributed by atoms with Crippen molar-refractivity contribution in [1.29, 1.82) is 0 Å². The molecule has 0 unspecified atom stereocenters. The lowest BCUT2D eigenvalue weighted by Crippen LogP contribution is -2.37. The van der Waals surface area contributed by atoms with Crippen LogP contribution in [0.1, 0.15) is 18.5 Å². The zero-order valence-electron chi connectivity index (χ0n) is 17.9. The number of imidazole rings is 1. The van der Waals surface area contributed by atoms with Crippen LogP contribution in [0.5, 0.6) is 0 Å². The summed E-state index contributed by atoms with van der Waals surface area (Å²) in [7, 11) is 3.00. The van der Waals surface area contributed by atoms with Gasteiger partial charge in [-0.1, -0.05) is 17.7 Å². The van der Waals surface area contributed by atoms with Gasteiger partial charge in [0.15, 0.2) is 11.2 Å². The quantitative estimate of drug-likeness (QED) is 0.478. The molecule has 0 fully saturated rings. The number of fused-ring (bicyclic) bond motifs is 1. The number of nitrogens with one attached hydrogen (secondary N) is 1. The van der Waals surface area contributed by atoms with Crippen LogP contribution in [0.3, 0.4) is 0 Å². The van der Waals surface area contributed by atoms with Crippen molar-refractivity contribution in [3.05, 3.63) is 68.2 Å². The van der Waals surface area contributed by atoms with Crippen LogP contribution in [0.15, 0.2) is 46.2 Å². The summed E-state index contributed by atoms with van der Waals surface area (Å²) >= 11 is 6.08. The lowest BCUT2D eigenvalue weighted by atomic mass is 10.3. The van der Waals surface area contributed by atoms with Gasteiger partial charge in [-0.25, -0.2) is 14.5 Å². The lowest BCUT2D eigenvalue weighted by molar-refractivity contribution is -0.116. The van der Waals surface area contributed by atoms with Gasteiger partial charge in [-0.15, -0.1) is 0 Å². The smallest absolute Gasteiger partial charge is 0.325 e. The minimum absolute atomic E-state index is 0.182. The van der Waals surface area contributed by atoms with Crippen LogP contribution >= 0.6 is 11.6 Å². The van der Waals surface area contributed by atoms with Gasteiger partial charge >= 0.3 is 5.69 Å². The van der Waals surface area contributed by atoms with E-state index in [-0.39, 0.29) is 12.3 Å². The van der Waals surface area contributed by atoms with Gasteiger partial charge < -0.3 is 9.88 Å². The second-order valence-corrected chi connectivity index (χ2v) is 7.97. The number of carbonyl (C=O) groups excluding carboxylic acids is 1. The molecule has 3 heterocycles. The van der Waals surface area contributed by atoms with Gasteiger partial charge in [-0.3, -0.25) is 18.7 Å². The Morgan fingerprint density at radius 3 is 2.69 bits per heavy atom. The van der Waals surface area contributed by atoms with Crippen LogP contribution in [-0.4, -0.2) is 34.4 Å². The first kappa shape index (κ1) is 21.6. The fourth-order valence-electron chi connectivity index (χ4n) is 3.58. The van der Waals surface area contributed by atoms with Crippen LogP contribution in [0.4, 0.5) is 5.82 Å². The minimum atomic E-state index is -0.432. The highest BCUT2D eigenvalue weighted by atomic mass is 35.5. The van der Waals surface area contributed by atoms with E-state index in [9.17, 15) is 14.4 Å². The summed E-state index contributed by atoms with van der Waals surface area (Å²) in [6.45, 7) is 2.25. The summed E-state index contributed by atoms with van der Waals surface area (Å²) in [6, 6.07) is 8.99. The maximum absolute atomic E-state index is 12.6. The molecule has 0 aliphatic carbocycles. The van der Waals surface area contributed by atoms with Crippen LogP contribution in [0.25, 0.3) is 16.9 Å². The van der Waals surface area contributed by atoms with E-state index in [1.54, 1.807) is 34.5 Å². The van der Waals surface area contributed by atoms with Gasteiger partial charge in [-0.05, 0) is 31.5 Å². The zero-order chi connectivity index (χ0) is 23.0. The largest absolute Gasteiger partial charge is 0.332 e. The molecule has 0 aliphatic rings. The molecule has 0 aliphatic heterocycles. The number of rotatable bonds is 6. The minimum Gasteiger partial charge on any atom is -0.325 e. The highest BCUT2D eigenvalue weighted by Gasteiger charge is 2.15. The van der Waals surface area contributed by atoms with Crippen molar-refractivity contribution in [2.75, 3.05) is 5.32 Å². The molecule has 166 valence electrons. The molecule has 0 saturated carbocycles. The number of anilines is 1. The fraction of sp³-hybridized carbons (Fsp3) is 0.286.